The van der Waals surface area contributed by atoms with Crippen LogP contribution in [0.3, 0.4) is 0 Å². The molecule has 1 unspecified atom stereocenters. The van der Waals surface area contributed by atoms with Gasteiger partial charge in [-0.15, -0.1) is 0 Å². The van der Waals surface area contributed by atoms with Crippen LogP contribution < -0.4 is 4.90 Å². The number of benzene rings is 2. The van der Waals surface area contributed by atoms with E-state index in [0.717, 1.165) is 11.6 Å². The van der Waals surface area contributed by atoms with Gasteiger partial charge in [-0.3, -0.25) is 4.79 Å². The maximum absolute atomic E-state index is 14.3. The minimum absolute atomic E-state index is 0.103. The molecule has 1 N–H and O–H groups in total. The zero-order chi connectivity index (χ0) is 25.4. The molecule has 5 rings (SSSR count). The lowest BCUT2D eigenvalue weighted by Gasteiger charge is -2.48. The van der Waals surface area contributed by atoms with Gasteiger partial charge in [0.05, 0.1) is 11.5 Å². The molecule has 0 saturated carbocycles. The van der Waals surface area contributed by atoms with Crippen LogP contribution in [0.4, 0.5) is 14.6 Å². The summed E-state index contributed by atoms with van der Waals surface area (Å²) >= 11 is 0. The van der Waals surface area contributed by atoms with Gasteiger partial charge in [0.1, 0.15) is 17.5 Å². The summed E-state index contributed by atoms with van der Waals surface area (Å²) in [5.41, 5.74) is 0.854. The van der Waals surface area contributed by atoms with Crippen molar-refractivity contribution in [3.63, 3.8) is 0 Å². The van der Waals surface area contributed by atoms with E-state index in [0.29, 0.717) is 49.5 Å². The van der Waals surface area contributed by atoms with Gasteiger partial charge in [-0.1, -0.05) is 44.2 Å². The number of carbonyl (C=O) groups is 1. The van der Waals surface area contributed by atoms with E-state index in [9.17, 15) is 18.7 Å². The molecule has 0 aliphatic carbocycles. The molecule has 7 heteroatoms. The molecule has 0 radical (unpaired) electrons. The smallest absolute Gasteiger partial charge is 0.227 e. The average Bonchev–Trinajstić information content (AvgIpc) is 3.37. The van der Waals surface area contributed by atoms with Crippen molar-refractivity contribution in [2.24, 2.45) is 17.8 Å². The number of amides is 1. The van der Waals surface area contributed by atoms with Gasteiger partial charge in [-0.25, -0.2) is 13.8 Å². The first-order chi connectivity index (χ1) is 17.3. The second-order valence-corrected chi connectivity index (χ2v) is 10.2. The summed E-state index contributed by atoms with van der Waals surface area (Å²) in [5.74, 6) is -0.832. The molecule has 3 aromatic rings. The molecule has 2 aliphatic rings. The lowest BCUT2D eigenvalue weighted by molar-refractivity contribution is -0.152. The minimum Gasteiger partial charge on any atom is -0.384 e. The Labute approximate surface area is 210 Å². The summed E-state index contributed by atoms with van der Waals surface area (Å²) in [7, 11) is 0. The zero-order valence-electron chi connectivity index (χ0n) is 20.6. The summed E-state index contributed by atoms with van der Waals surface area (Å²) < 4.78 is 27.6. The van der Waals surface area contributed by atoms with E-state index in [2.05, 4.69) is 4.98 Å². The van der Waals surface area contributed by atoms with Crippen LogP contribution in [0.5, 0.6) is 0 Å². The van der Waals surface area contributed by atoms with E-state index in [1.807, 2.05) is 54.0 Å². The molecule has 2 aliphatic heterocycles. The van der Waals surface area contributed by atoms with Crippen LogP contribution in [0.1, 0.15) is 25.8 Å². The van der Waals surface area contributed by atoms with Gasteiger partial charge < -0.3 is 14.9 Å². The predicted molar refractivity (Wildman–Crippen MR) is 135 cm³/mol. The summed E-state index contributed by atoms with van der Waals surface area (Å²) in [6.07, 6.45) is 2.32. The third-order valence-electron chi connectivity index (χ3n) is 7.89. The molecule has 36 heavy (non-hydrogen) atoms. The Kier molecular flexibility index (Phi) is 6.51. The molecule has 1 aromatic heterocycles. The standard InChI is InChI=1S/C29H31F2N3O2/c1-19-16-34(17-20(2)29(19,36)23-6-4-3-5-7-23)28(35)22-11-13-33(18-22)27-14-21(10-12-32-27)25-9-8-24(30)15-26(25)31/h3-10,12,14-15,19-20,22,36H,11,13,16-18H2,1-2H3/t19-,20+,22-,29?/m0/s1. The van der Waals surface area contributed by atoms with E-state index in [1.54, 1.807) is 18.3 Å². The number of hydrogen-bond acceptors (Lipinski definition) is 4. The summed E-state index contributed by atoms with van der Waals surface area (Å²) in [5, 5.41) is 11.6. The zero-order valence-corrected chi connectivity index (χ0v) is 20.6. The van der Waals surface area contributed by atoms with Crippen LogP contribution in [0.25, 0.3) is 11.1 Å². The number of halogens is 2. The number of rotatable bonds is 4. The second kappa shape index (κ2) is 9.62. The van der Waals surface area contributed by atoms with Crippen LogP contribution in [0.2, 0.25) is 0 Å². The predicted octanol–water partition coefficient (Wildman–Crippen LogP) is 4.86. The number of likely N-dealkylation sites (tertiary alicyclic amines) is 1. The van der Waals surface area contributed by atoms with E-state index in [-0.39, 0.29) is 23.7 Å². The molecule has 2 aromatic carbocycles. The first kappa shape index (κ1) is 24.4. The van der Waals surface area contributed by atoms with Crippen LogP contribution in [-0.4, -0.2) is 47.1 Å². The van der Waals surface area contributed by atoms with Crippen molar-refractivity contribution in [2.45, 2.75) is 25.9 Å². The van der Waals surface area contributed by atoms with Crippen molar-refractivity contribution in [1.82, 2.24) is 9.88 Å². The van der Waals surface area contributed by atoms with Crippen molar-refractivity contribution in [2.75, 3.05) is 31.1 Å². The minimum atomic E-state index is -0.972. The molecular weight excluding hydrogens is 460 g/mol. The van der Waals surface area contributed by atoms with Crippen molar-refractivity contribution in [3.8, 4) is 11.1 Å². The molecule has 3 heterocycles. The number of pyridine rings is 1. The van der Waals surface area contributed by atoms with Gasteiger partial charge in [0, 0.05) is 55.8 Å². The molecule has 5 nitrogen and oxygen atoms in total. The van der Waals surface area contributed by atoms with Gasteiger partial charge in [-0.2, -0.15) is 0 Å². The van der Waals surface area contributed by atoms with E-state index >= 15 is 0 Å². The van der Waals surface area contributed by atoms with Crippen molar-refractivity contribution >= 4 is 11.7 Å². The van der Waals surface area contributed by atoms with Crippen molar-refractivity contribution < 1.29 is 18.7 Å². The number of hydrogen-bond donors (Lipinski definition) is 1. The van der Waals surface area contributed by atoms with Gasteiger partial charge in [0.25, 0.3) is 0 Å². The normalized spacial score (nSPS) is 26.3. The Hall–Kier alpha value is -3.32. The quantitative estimate of drug-likeness (QED) is 0.567. The van der Waals surface area contributed by atoms with Crippen molar-refractivity contribution in [1.29, 1.82) is 0 Å². The van der Waals surface area contributed by atoms with Crippen molar-refractivity contribution in [3.05, 3.63) is 84.1 Å². The molecule has 0 bridgehead atoms. The summed E-state index contributed by atoms with van der Waals surface area (Å²) in [6, 6.07) is 16.7. The van der Waals surface area contributed by atoms with E-state index in [1.165, 1.54) is 12.1 Å². The maximum atomic E-state index is 14.3. The Morgan fingerprint density at radius 1 is 1.00 bits per heavy atom. The number of carbonyl (C=O) groups excluding carboxylic acids is 1. The fourth-order valence-corrected chi connectivity index (χ4v) is 5.86. The Balaban J connectivity index is 1.28. The Morgan fingerprint density at radius 3 is 2.42 bits per heavy atom. The highest BCUT2D eigenvalue weighted by atomic mass is 19.1. The fourth-order valence-electron chi connectivity index (χ4n) is 5.86. The molecule has 0 spiro atoms. The third kappa shape index (κ3) is 4.37. The maximum Gasteiger partial charge on any atom is 0.227 e. The van der Waals surface area contributed by atoms with Gasteiger partial charge in [-0.05, 0) is 41.8 Å². The molecule has 4 atom stereocenters. The largest absolute Gasteiger partial charge is 0.384 e. The topological polar surface area (TPSA) is 56.7 Å². The molecule has 2 fully saturated rings. The first-order valence-electron chi connectivity index (χ1n) is 12.5. The van der Waals surface area contributed by atoms with Gasteiger partial charge in [0.15, 0.2) is 0 Å². The average molecular weight is 492 g/mol. The molecule has 1 amide bonds. The van der Waals surface area contributed by atoms with Crippen LogP contribution in [0.15, 0.2) is 66.9 Å². The van der Waals surface area contributed by atoms with Gasteiger partial charge in [0.2, 0.25) is 5.91 Å². The summed E-state index contributed by atoms with van der Waals surface area (Å²) in [4.78, 5) is 21.9. The second-order valence-electron chi connectivity index (χ2n) is 10.2. The lowest BCUT2D eigenvalue weighted by atomic mass is 9.70. The highest BCUT2D eigenvalue weighted by Gasteiger charge is 2.47. The molecular formula is C29H31F2N3O2. The van der Waals surface area contributed by atoms with E-state index in [4.69, 9.17) is 0 Å². The summed E-state index contributed by atoms with van der Waals surface area (Å²) in [6.45, 7) is 6.22. The number of aromatic nitrogens is 1. The number of piperidine rings is 1. The van der Waals surface area contributed by atoms with Crippen LogP contribution in [-0.2, 0) is 10.4 Å². The number of aliphatic hydroxyl groups is 1. The SMILES string of the molecule is C[C@@H]1CN(C(=O)[C@H]2CCN(c3cc(-c4ccc(F)cc4F)ccn3)C2)C[C@H](C)C1(O)c1ccccc1. The highest BCUT2D eigenvalue weighted by molar-refractivity contribution is 5.80. The first-order valence-corrected chi connectivity index (χ1v) is 12.5. The lowest BCUT2D eigenvalue weighted by Crippen LogP contribution is -2.56. The number of nitrogens with zero attached hydrogens (tertiary/aromatic N) is 3. The van der Waals surface area contributed by atoms with Crippen LogP contribution >= 0.6 is 0 Å². The van der Waals surface area contributed by atoms with E-state index < -0.39 is 17.2 Å². The van der Waals surface area contributed by atoms with Crippen LogP contribution in [0, 0.1) is 29.4 Å². The van der Waals surface area contributed by atoms with Gasteiger partial charge >= 0.3 is 0 Å². The molecule has 188 valence electrons. The number of anilines is 1. The third-order valence-corrected chi connectivity index (χ3v) is 7.89. The highest BCUT2D eigenvalue weighted by Crippen LogP contribution is 2.42. The fraction of sp³-hybridized carbons (Fsp3) is 0.379. The Morgan fingerprint density at radius 2 is 1.72 bits per heavy atom. The Bertz CT molecular complexity index is 1240. The monoisotopic (exact) mass is 491 g/mol. The molecule has 2 saturated heterocycles.